The van der Waals surface area contributed by atoms with Crippen molar-refractivity contribution in [2.75, 3.05) is 6.54 Å². The van der Waals surface area contributed by atoms with Crippen LogP contribution in [0.25, 0.3) is 0 Å². The van der Waals surface area contributed by atoms with Crippen molar-refractivity contribution in [3.05, 3.63) is 18.0 Å². The fourth-order valence-corrected chi connectivity index (χ4v) is 2.67. The number of aromatic nitrogens is 2. The van der Waals surface area contributed by atoms with E-state index in [9.17, 15) is 0 Å². The first-order chi connectivity index (χ1) is 7.65. The molecule has 0 aliphatic carbocycles. The van der Waals surface area contributed by atoms with E-state index in [4.69, 9.17) is 5.73 Å². The van der Waals surface area contributed by atoms with Crippen LogP contribution in [-0.4, -0.2) is 33.3 Å². The summed E-state index contributed by atoms with van der Waals surface area (Å²) in [5, 5.41) is 4.34. The van der Waals surface area contributed by atoms with E-state index in [0.29, 0.717) is 12.1 Å². The average molecular weight is 222 g/mol. The first-order valence-corrected chi connectivity index (χ1v) is 6.18. The van der Waals surface area contributed by atoms with Gasteiger partial charge in [-0.05, 0) is 33.3 Å². The smallest absolute Gasteiger partial charge is 0.0673 e. The molecule has 0 bridgehead atoms. The lowest BCUT2D eigenvalue weighted by Crippen LogP contribution is -2.37. The van der Waals surface area contributed by atoms with E-state index in [-0.39, 0.29) is 6.04 Å². The third-order valence-corrected chi connectivity index (χ3v) is 3.50. The van der Waals surface area contributed by atoms with Crippen LogP contribution in [0.3, 0.4) is 0 Å². The number of nitrogens with zero attached hydrogens (tertiary/aromatic N) is 3. The highest BCUT2D eigenvalue weighted by Crippen LogP contribution is 2.32. The topological polar surface area (TPSA) is 47.1 Å². The van der Waals surface area contributed by atoms with Crippen molar-refractivity contribution in [3.63, 3.8) is 0 Å². The van der Waals surface area contributed by atoms with Gasteiger partial charge in [-0.1, -0.05) is 0 Å². The monoisotopic (exact) mass is 222 g/mol. The molecule has 1 aliphatic rings. The van der Waals surface area contributed by atoms with Crippen LogP contribution in [0.4, 0.5) is 0 Å². The van der Waals surface area contributed by atoms with Crippen molar-refractivity contribution in [2.24, 2.45) is 5.73 Å². The Morgan fingerprint density at radius 1 is 1.56 bits per heavy atom. The SMILES string of the molecule is CCn1nccc1C1C(N)CCN1C(C)C. The van der Waals surface area contributed by atoms with Crippen molar-refractivity contribution < 1.29 is 0 Å². The summed E-state index contributed by atoms with van der Waals surface area (Å²) in [5.74, 6) is 0. The Hall–Kier alpha value is -0.870. The Morgan fingerprint density at radius 2 is 2.31 bits per heavy atom. The molecule has 1 aromatic rings. The van der Waals surface area contributed by atoms with Gasteiger partial charge in [0, 0.05) is 31.4 Å². The summed E-state index contributed by atoms with van der Waals surface area (Å²) in [6, 6.07) is 3.22. The van der Waals surface area contributed by atoms with Crippen LogP contribution in [-0.2, 0) is 6.54 Å². The zero-order valence-electron chi connectivity index (χ0n) is 10.4. The lowest BCUT2D eigenvalue weighted by atomic mass is 10.1. The molecule has 2 rings (SSSR count). The minimum absolute atomic E-state index is 0.240. The van der Waals surface area contributed by atoms with E-state index in [1.165, 1.54) is 5.69 Å². The summed E-state index contributed by atoms with van der Waals surface area (Å²) in [4.78, 5) is 2.48. The van der Waals surface area contributed by atoms with Crippen molar-refractivity contribution in [1.29, 1.82) is 0 Å². The summed E-state index contributed by atoms with van der Waals surface area (Å²) in [7, 11) is 0. The molecule has 0 aromatic carbocycles. The van der Waals surface area contributed by atoms with Gasteiger partial charge in [0.05, 0.1) is 11.7 Å². The Balaban J connectivity index is 2.30. The molecule has 16 heavy (non-hydrogen) atoms. The molecule has 4 nitrogen and oxygen atoms in total. The van der Waals surface area contributed by atoms with Gasteiger partial charge in [-0.3, -0.25) is 9.58 Å². The normalized spacial score (nSPS) is 26.8. The van der Waals surface area contributed by atoms with E-state index >= 15 is 0 Å². The summed E-state index contributed by atoms with van der Waals surface area (Å²) in [5.41, 5.74) is 7.50. The van der Waals surface area contributed by atoms with Gasteiger partial charge in [0.2, 0.25) is 0 Å². The second kappa shape index (κ2) is 4.55. The van der Waals surface area contributed by atoms with Gasteiger partial charge in [0.15, 0.2) is 0 Å². The van der Waals surface area contributed by atoms with E-state index < -0.39 is 0 Å². The molecule has 90 valence electrons. The molecule has 0 radical (unpaired) electrons. The molecule has 0 spiro atoms. The maximum Gasteiger partial charge on any atom is 0.0673 e. The second-order valence-electron chi connectivity index (χ2n) is 4.80. The van der Waals surface area contributed by atoms with E-state index in [0.717, 1.165) is 19.5 Å². The van der Waals surface area contributed by atoms with Gasteiger partial charge < -0.3 is 5.73 Å². The predicted molar refractivity (Wildman–Crippen MR) is 65.1 cm³/mol. The third-order valence-electron chi connectivity index (χ3n) is 3.50. The van der Waals surface area contributed by atoms with Crippen molar-refractivity contribution >= 4 is 0 Å². The molecule has 1 aromatic heterocycles. The molecule has 0 saturated carbocycles. The van der Waals surface area contributed by atoms with Gasteiger partial charge >= 0.3 is 0 Å². The van der Waals surface area contributed by atoms with Gasteiger partial charge in [0.1, 0.15) is 0 Å². The first kappa shape index (κ1) is 11.6. The lowest BCUT2D eigenvalue weighted by Gasteiger charge is -2.30. The summed E-state index contributed by atoms with van der Waals surface area (Å²) < 4.78 is 2.06. The number of aryl methyl sites for hydroxylation is 1. The zero-order valence-corrected chi connectivity index (χ0v) is 10.4. The molecule has 2 unspecified atom stereocenters. The largest absolute Gasteiger partial charge is 0.326 e. The minimum atomic E-state index is 0.240. The lowest BCUT2D eigenvalue weighted by molar-refractivity contribution is 0.190. The molecule has 4 heteroatoms. The van der Waals surface area contributed by atoms with Crippen LogP contribution < -0.4 is 5.73 Å². The van der Waals surface area contributed by atoms with E-state index in [2.05, 4.69) is 41.5 Å². The van der Waals surface area contributed by atoms with Crippen molar-refractivity contribution in [2.45, 2.75) is 51.9 Å². The van der Waals surface area contributed by atoms with Crippen LogP contribution in [0.5, 0.6) is 0 Å². The molecular weight excluding hydrogens is 200 g/mol. The number of likely N-dealkylation sites (tertiary alicyclic amines) is 1. The van der Waals surface area contributed by atoms with Gasteiger partial charge in [-0.25, -0.2) is 0 Å². The molecule has 1 fully saturated rings. The molecular formula is C12H22N4. The van der Waals surface area contributed by atoms with Crippen molar-refractivity contribution in [1.82, 2.24) is 14.7 Å². The highest BCUT2D eigenvalue weighted by molar-refractivity contribution is 5.13. The number of nitrogens with two attached hydrogens (primary N) is 1. The fourth-order valence-electron chi connectivity index (χ4n) is 2.67. The third kappa shape index (κ3) is 1.87. The Morgan fingerprint density at radius 3 is 2.94 bits per heavy atom. The van der Waals surface area contributed by atoms with Crippen LogP contribution in [0.1, 0.15) is 38.9 Å². The zero-order chi connectivity index (χ0) is 11.7. The highest BCUT2D eigenvalue weighted by Gasteiger charge is 2.35. The molecule has 1 saturated heterocycles. The van der Waals surface area contributed by atoms with Crippen LogP contribution in [0, 0.1) is 0 Å². The highest BCUT2D eigenvalue weighted by atomic mass is 15.3. The number of rotatable bonds is 3. The molecule has 2 atom stereocenters. The first-order valence-electron chi connectivity index (χ1n) is 6.18. The Kier molecular flexibility index (Phi) is 3.30. The predicted octanol–water partition coefficient (Wildman–Crippen LogP) is 1.39. The van der Waals surface area contributed by atoms with E-state index in [1.54, 1.807) is 0 Å². The maximum atomic E-state index is 6.24. The summed E-state index contributed by atoms with van der Waals surface area (Å²) in [6.45, 7) is 8.60. The van der Waals surface area contributed by atoms with Gasteiger partial charge in [0.25, 0.3) is 0 Å². The van der Waals surface area contributed by atoms with Gasteiger partial charge in [-0.2, -0.15) is 5.10 Å². The van der Waals surface area contributed by atoms with Crippen LogP contribution in [0.15, 0.2) is 12.3 Å². The van der Waals surface area contributed by atoms with E-state index in [1.807, 2.05) is 6.20 Å². The quantitative estimate of drug-likeness (QED) is 0.840. The molecule has 2 heterocycles. The standard InChI is InChI=1S/C12H22N4/c1-4-16-11(5-7-14-16)12-10(13)6-8-15(12)9(2)3/h5,7,9-10,12H,4,6,8,13H2,1-3H3. The number of hydrogen-bond donors (Lipinski definition) is 1. The number of hydrogen-bond acceptors (Lipinski definition) is 3. The van der Waals surface area contributed by atoms with Crippen LogP contribution in [0.2, 0.25) is 0 Å². The second-order valence-corrected chi connectivity index (χ2v) is 4.80. The molecule has 0 amide bonds. The molecule has 2 N–H and O–H groups in total. The summed E-state index contributed by atoms with van der Waals surface area (Å²) in [6.07, 6.45) is 2.96. The Bertz CT molecular complexity index is 345. The van der Waals surface area contributed by atoms with Crippen molar-refractivity contribution in [3.8, 4) is 0 Å². The van der Waals surface area contributed by atoms with Crippen LogP contribution >= 0.6 is 0 Å². The van der Waals surface area contributed by atoms with Gasteiger partial charge in [-0.15, -0.1) is 0 Å². The average Bonchev–Trinajstić information content (AvgIpc) is 2.82. The Labute approximate surface area is 97.4 Å². The molecule has 1 aliphatic heterocycles. The fraction of sp³-hybridized carbons (Fsp3) is 0.750. The summed E-state index contributed by atoms with van der Waals surface area (Å²) >= 11 is 0. The maximum absolute atomic E-state index is 6.24. The minimum Gasteiger partial charge on any atom is -0.326 e.